The number of rotatable bonds is 5. The van der Waals surface area contributed by atoms with Gasteiger partial charge in [0.05, 0.1) is 0 Å². The Balaban J connectivity index is 8.07. The number of alkyl halides is 12. The van der Waals surface area contributed by atoms with Gasteiger partial charge in [0.15, 0.2) is 0 Å². The summed E-state index contributed by atoms with van der Waals surface area (Å²) in [6, 6.07) is 0. The lowest BCUT2D eigenvalue weighted by Crippen LogP contribution is -3.24. The van der Waals surface area contributed by atoms with Crippen LogP contribution in [0, 0.1) is 0 Å². The molecule has 0 fully saturated rings. The quantitative estimate of drug-likeness (QED) is 0.349. The highest BCUT2D eigenvalue weighted by Crippen LogP contribution is 2.35. The largest absolute Gasteiger partial charge is 0.552 e. The SMILES string of the molecule is O=S(=O)(N([NH+](S(=O)(=O)C(F)(F)F)S(=O)(=O)C(F)(F)F)S(=O)(=O)C(F)(F)F)C(F)(F)F. The van der Waals surface area contributed by atoms with Crippen molar-refractivity contribution in [2.75, 3.05) is 0 Å². The van der Waals surface area contributed by atoms with Crippen LogP contribution < -0.4 is 3.82 Å². The molecule has 30 heavy (non-hydrogen) atoms. The van der Waals surface area contributed by atoms with Crippen molar-refractivity contribution in [3.05, 3.63) is 0 Å². The van der Waals surface area contributed by atoms with Gasteiger partial charge in [-0.25, -0.2) is 0 Å². The van der Waals surface area contributed by atoms with Crippen LogP contribution >= 0.6 is 0 Å². The molecule has 0 heterocycles. The third-order valence-electron chi connectivity index (χ3n) is 2.24. The van der Waals surface area contributed by atoms with Crippen LogP contribution in [0.15, 0.2) is 0 Å². The smallest absolute Gasteiger partial charge is 0.197 e. The Hall–Kier alpha value is -1.12. The minimum Gasteiger partial charge on any atom is -0.197 e. The summed E-state index contributed by atoms with van der Waals surface area (Å²) in [6.07, 6.45) is 0. The Morgan fingerprint density at radius 3 is 0.767 bits per heavy atom. The first kappa shape index (κ1) is 28.9. The van der Waals surface area contributed by atoms with Gasteiger partial charge in [-0.05, 0) is 3.82 Å². The lowest BCUT2D eigenvalue weighted by atomic mass is 11.6. The van der Waals surface area contributed by atoms with Crippen molar-refractivity contribution >= 4 is 40.1 Å². The molecule has 0 aliphatic heterocycles. The Kier molecular flexibility index (Phi) is 6.93. The third-order valence-corrected chi connectivity index (χ3v) is 10.1. The van der Waals surface area contributed by atoms with Crippen LogP contribution in [-0.2, 0) is 40.1 Å². The van der Waals surface area contributed by atoms with Crippen molar-refractivity contribution in [3.63, 3.8) is 0 Å². The molecule has 1 N–H and O–H groups in total. The second-order valence-electron chi connectivity index (χ2n) is 4.26. The number of halogens is 12. The van der Waals surface area contributed by atoms with Gasteiger partial charge in [-0.3, -0.25) is 0 Å². The predicted octanol–water partition coefficient (Wildman–Crippen LogP) is -0.513. The van der Waals surface area contributed by atoms with E-state index in [9.17, 15) is 86.4 Å². The van der Waals surface area contributed by atoms with Crippen LogP contribution in [0.1, 0.15) is 0 Å². The second kappa shape index (κ2) is 7.20. The van der Waals surface area contributed by atoms with Gasteiger partial charge in [0, 0.05) is 0 Å². The van der Waals surface area contributed by atoms with Gasteiger partial charge in [-0.1, -0.05) is 0 Å². The van der Waals surface area contributed by atoms with Gasteiger partial charge in [0.25, 0.3) is 0 Å². The molecular formula is C4HF12N2O8S4+. The number of nitrogens with one attached hydrogen (secondary N) is 1. The molecule has 0 saturated heterocycles. The van der Waals surface area contributed by atoms with E-state index in [1.807, 2.05) is 0 Å². The molecule has 0 aromatic heterocycles. The van der Waals surface area contributed by atoms with Crippen molar-refractivity contribution < 1.29 is 90.2 Å². The monoisotopic (exact) mass is 561 g/mol. The molecule has 0 aliphatic rings. The van der Waals surface area contributed by atoms with Gasteiger partial charge in [0.1, 0.15) is 3.82 Å². The first-order valence-electron chi connectivity index (χ1n) is 5.41. The molecule has 0 aliphatic carbocycles. The van der Waals surface area contributed by atoms with E-state index in [4.69, 9.17) is 0 Å². The van der Waals surface area contributed by atoms with Crippen LogP contribution in [0.4, 0.5) is 52.7 Å². The topological polar surface area (TPSA) is 144 Å². The lowest BCUT2D eigenvalue weighted by Gasteiger charge is -2.28. The summed E-state index contributed by atoms with van der Waals surface area (Å²) in [6.45, 7) is 0. The van der Waals surface area contributed by atoms with E-state index in [0.29, 0.717) is 0 Å². The van der Waals surface area contributed by atoms with Crippen molar-refractivity contribution in [2.45, 2.75) is 22.0 Å². The molecule has 0 unspecified atom stereocenters. The van der Waals surface area contributed by atoms with Gasteiger partial charge in [-0.2, -0.15) is 86.4 Å². The summed E-state index contributed by atoms with van der Waals surface area (Å²) >= 11 is 0. The summed E-state index contributed by atoms with van der Waals surface area (Å²) in [7, 11) is -34.8. The predicted molar refractivity (Wildman–Crippen MR) is 62.7 cm³/mol. The molecular weight excluding hydrogens is 560 g/mol. The number of sulfonamides is 4. The average molecular weight is 561 g/mol. The fourth-order valence-electron chi connectivity index (χ4n) is 1.05. The first-order chi connectivity index (χ1) is 12.5. The Morgan fingerprint density at radius 1 is 0.433 bits per heavy atom. The third kappa shape index (κ3) is 4.55. The van der Waals surface area contributed by atoms with E-state index in [2.05, 4.69) is 0 Å². The van der Waals surface area contributed by atoms with Gasteiger partial charge in [-0.15, -0.1) is 0 Å². The Labute approximate surface area is 156 Å². The van der Waals surface area contributed by atoms with Gasteiger partial charge < -0.3 is 0 Å². The average Bonchev–Trinajstić information content (AvgIpc) is 2.38. The summed E-state index contributed by atoms with van der Waals surface area (Å²) in [5, 5.41) is 0. The van der Waals surface area contributed by atoms with Gasteiger partial charge >= 0.3 is 62.1 Å². The summed E-state index contributed by atoms with van der Waals surface area (Å²) in [5.41, 5.74) is -30.2. The zero-order valence-electron chi connectivity index (χ0n) is 12.4. The van der Waals surface area contributed by atoms with Crippen molar-refractivity contribution in [1.82, 2.24) is 3.82 Å². The highest BCUT2D eigenvalue weighted by Gasteiger charge is 2.77. The van der Waals surface area contributed by atoms with E-state index in [0.717, 1.165) is 0 Å². The van der Waals surface area contributed by atoms with Crippen LogP contribution in [0.3, 0.4) is 0 Å². The molecule has 182 valence electrons. The summed E-state index contributed by atoms with van der Waals surface area (Å²) in [4.78, 5) is 0. The zero-order valence-corrected chi connectivity index (χ0v) is 15.6. The molecule has 26 heteroatoms. The van der Waals surface area contributed by atoms with Gasteiger partial charge in [0.2, 0.25) is 0 Å². The molecule has 0 rings (SSSR count). The maximum atomic E-state index is 12.5. The summed E-state index contributed by atoms with van der Waals surface area (Å²) in [5.74, 6) is 0. The zero-order chi connectivity index (χ0) is 25.2. The minimum absolute atomic E-state index is 4.04. The number of hydrogen-bond acceptors (Lipinski definition) is 8. The summed E-state index contributed by atoms with van der Waals surface area (Å²) < 4.78 is 229. The van der Waals surface area contributed by atoms with Crippen LogP contribution in [0.5, 0.6) is 0 Å². The van der Waals surface area contributed by atoms with E-state index >= 15 is 0 Å². The first-order valence-corrected chi connectivity index (χ1v) is 11.3. The highest BCUT2D eigenvalue weighted by molar-refractivity contribution is 8.06. The molecule has 0 saturated carbocycles. The molecule has 0 aromatic rings. The fraction of sp³-hybridized carbons (Fsp3) is 1.00. The standard InChI is InChI=1S/C4F12N2O8S4/c5-1(6,7)27(19,20)17(28(21,22)2(8,9)10)18(29(23,24)3(11,12)13)30(25,26)4(14,15)16/p+1. The second-order valence-corrected chi connectivity index (χ2v) is 12.0. The highest BCUT2D eigenvalue weighted by atomic mass is 32.3. The normalized spacial score (nSPS) is 16.3. The van der Waals surface area contributed by atoms with Crippen molar-refractivity contribution in [1.29, 1.82) is 0 Å². The van der Waals surface area contributed by atoms with E-state index < -0.39 is 69.8 Å². The van der Waals surface area contributed by atoms with E-state index in [-0.39, 0.29) is 0 Å². The Morgan fingerprint density at radius 2 is 0.633 bits per heavy atom. The molecule has 10 nitrogen and oxygen atoms in total. The molecule has 0 spiro atoms. The molecule has 0 aromatic carbocycles. The number of nitrogens with zero attached hydrogens (tertiary/aromatic N) is 1. The minimum atomic E-state index is -8.74. The fourth-order valence-corrected chi connectivity index (χ4v) is 8.23. The number of quaternary nitrogens is 1. The maximum Gasteiger partial charge on any atom is 0.552 e. The van der Waals surface area contributed by atoms with E-state index in [1.54, 1.807) is 0 Å². The molecule has 0 bridgehead atoms. The van der Waals surface area contributed by atoms with Crippen LogP contribution in [0.2, 0.25) is 0 Å². The van der Waals surface area contributed by atoms with Crippen molar-refractivity contribution in [2.24, 2.45) is 0 Å². The lowest BCUT2D eigenvalue weighted by molar-refractivity contribution is -0.729. The van der Waals surface area contributed by atoms with Crippen LogP contribution in [-0.4, -0.2) is 59.5 Å². The maximum absolute atomic E-state index is 12.5. The number of hydrogen-bond donors (Lipinski definition) is 1. The van der Waals surface area contributed by atoms with Crippen LogP contribution in [0.25, 0.3) is 0 Å². The van der Waals surface area contributed by atoms with E-state index in [1.165, 1.54) is 0 Å². The molecule has 0 atom stereocenters. The Bertz CT molecular complexity index is 911. The van der Waals surface area contributed by atoms with Crippen molar-refractivity contribution in [3.8, 4) is 0 Å². The molecule has 0 radical (unpaired) electrons. The molecule has 0 amide bonds.